The van der Waals surface area contributed by atoms with Crippen molar-refractivity contribution in [1.82, 2.24) is 5.32 Å². The number of benzene rings is 1. The number of furan rings is 1. The molecule has 0 bridgehead atoms. The van der Waals surface area contributed by atoms with Crippen LogP contribution in [0, 0.1) is 10.1 Å². The molecule has 0 aliphatic rings. The first-order valence-electron chi connectivity index (χ1n) is 5.93. The third-order valence-electron chi connectivity index (χ3n) is 2.58. The van der Waals surface area contributed by atoms with Crippen molar-refractivity contribution in [2.45, 2.75) is 6.54 Å². The Morgan fingerprint density at radius 2 is 2.05 bits per heavy atom. The van der Waals surface area contributed by atoms with Crippen LogP contribution < -0.4 is 10.6 Å². The van der Waals surface area contributed by atoms with Gasteiger partial charge in [-0.25, -0.2) is 0 Å². The summed E-state index contributed by atoms with van der Waals surface area (Å²) in [5, 5.41) is 16.2. The number of carbonyl (C=O) groups excluding carboxylic acids is 1. The highest BCUT2D eigenvalue weighted by molar-refractivity contribution is 5.81. The van der Waals surface area contributed by atoms with E-state index in [-0.39, 0.29) is 24.7 Å². The van der Waals surface area contributed by atoms with E-state index in [9.17, 15) is 14.9 Å². The molecule has 1 heterocycles. The number of nitrogens with one attached hydrogen (secondary N) is 2. The normalized spacial score (nSPS) is 10.0. The summed E-state index contributed by atoms with van der Waals surface area (Å²) in [7, 11) is 0. The number of hydrogen-bond donors (Lipinski definition) is 2. The standard InChI is InChI=1S/C13H13N3O4/c17-13(15-8-10-4-3-7-20-10)9-14-11-5-1-2-6-12(11)16(18)19/h1-7,14H,8-9H2,(H,15,17). The zero-order valence-electron chi connectivity index (χ0n) is 10.5. The molecule has 0 spiro atoms. The number of nitro groups is 1. The van der Waals surface area contributed by atoms with Crippen molar-refractivity contribution in [2.75, 3.05) is 11.9 Å². The fourth-order valence-corrected chi connectivity index (χ4v) is 1.62. The maximum atomic E-state index is 11.6. The Morgan fingerprint density at radius 1 is 1.25 bits per heavy atom. The molecule has 0 atom stereocenters. The van der Waals surface area contributed by atoms with E-state index >= 15 is 0 Å². The minimum absolute atomic E-state index is 0.0500. The Labute approximate surface area is 114 Å². The maximum Gasteiger partial charge on any atom is 0.292 e. The second-order valence-corrected chi connectivity index (χ2v) is 3.98. The number of nitro benzene ring substituents is 1. The Morgan fingerprint density at radius 3 is 2.75 bits per heavy atom. The number of nitrogens with zero attached hydrogens (tertiary/aromatic N) is 1. The van der Waals surface area contributed by atoms with Crippen LogP contribution >= 0.6 is 0 Å². The summed E-state index contributed by atoms with van der Waals surface area (Å²) in [5.74, 6) is 0.364. The second kappa shape index (κ2) is 6.37. The number of anilines is 1. The van der Waals surface area contributed by atoms with E-state index < -0.39 is 4.92 Å². The van der Waals surface area contributed by atoms with E-state index in [0.29, 0.717) is 11.4 Å². The van der Waals surface area contributed by atoms with Crippen LogP contribution in [-0.4, -0.2) is 17.4 Å². The monoisotopic (exact) mass is 275 g/mol. The van der Waals surface area contributed by atoms with Crippen LogP contribution in [-0.2, 0) is 11.3 Å². The van der Waals surface area contributed by atoms with E-state index in [1.165, 1.54) is 12.3 Å². The van der Waals surface area contributed by atoms with Crippen molar-refractivity contribution in [1.29, 1.82) is 0 Å². The Hall–Kier alpha value is -2.83. The van der Waals surface area contributed by atoms with Crippen LogP contribution in [0.1, 0.15) is 5.76 Å². The van der Waals surface area contributed by atoms with Crippen molar-refractivity contribution < 1.29 is 14.1 Å². The summed E-state index contributed by atoms with van der Waals surface area (Å²) in [4.78, 5) is 21.9. The van der Waals surface area contributed by atoms with Gasteiger partial charge in [0.25, 0.3) is 5.69 Å². The van der Waals surface area contributed by atoms with Gasteiger partial charge in [0.05, 0.1) is 24.3 Å². The van der Waals surface area contributed by atoms with Crippen molar-refractivity contribution in [3.63, 3.8) is 0 Å². The molecule has 2 rings (SSSR count). The predicted octanol–water partition coefficient (Wildman–Crippen LogP) is 1.92. The molecule has 0 fully saturated rings. The van der Waals surface area contributed by atoms with E-state index in [1.807, 2.05) is 0 Å². The van der Waals surface area contributed by atoms with Gasteiger partial charge in [-0.3, -0.25) is 14.9 Å². The highest BCUT2D eigenvalue weighted by atomic mass is 16.6. The van der Waals surface area contributed by atoms with Crippen LogP contribution in [0.3, 0.4) is 0 Å². The third kappa shape index (κ3) is 3.58. The smallest absolute Gasteiger partial charge is 0.292 e. The molecular formula is C13H13N3O4. The fourth-order valence-electron chi connectivity index (χ4n) is 1.62. The lowest BCUT2D eigenvalue weighted by Gasteiger charge is -2.07. The van der Waals surface area contributed by atoms with Gasteiger partial charge >= 0.3 is 0 Å². The molecule has 0 aliphatic carbocycles. The molecule has 0 saturated heterocycles. The first kappa shape index (κ1) is 13.6. The lowest BCUT2D eigenvalue weighted by atomic mass is 10.2. The summed E-state index contributed by atoms with van der Waals surface area (Å²) in [5.41, 5.74) is 0.247. The van der Waals surface area contributed by atoms with Crippen LogP contribution in [0.4, 0.5) is 11.4 Å². The zero-order chi connectivity index (χ0) is 14.4. The summed E-state index contributed by atoms with van der Waals surface area (Å²) in [6, 6.07) is 9.64. The Balaban J connectivity index is 1.85. The maximum absolute atomic E-state index is 11.6. The summed E-state index contributed by atoms with van der Waals surface area (Å²) >= 11 is 0. The Kier molecular flexibility index (Phi) is 4.33. The zero-order valence-corrected chi connectivity index (χ0v) is 10.5. The summed E-state index contributed by atoms with van der Waals surface area (Å²) in [6.45, 7) is 0.232. The first-order valence-corrected chi connectivity index (χ1v) is 5.93. The molecule has 7 heteroatoms. The van der Waals surface area contributed by atoms with Crippen LogP contribution in [0.5, 0.6) is 0 Å². The van der Waals surface area contributed by atoms with Crippen molar-refractivity contribution >= 4 is 17.3 Å². The quantitative estimate of drug-likeness (QED) is 0.620. The van der Waals surface area contributed by atoms with Crippen molar-refractivity contribution in [3.8, 4) is 0 Å². The van der Waals surface area contributed by atoms with Crippen LogP contribution in [0.15, 0.2) is 47.1 Å². The largest absolute Gasteiger partial charge is 0.467 e. The predicted molar refractivity (Wildman–Crippen MR) is 72.1 cm³/mol. The van der Waals surface area contributed by atoms with Gasteiger partial charge in [-0.2, -0.15) is 0 Å². The van der Waals surface area contributed by atoms with Gasteiger partial charge in [0.2, 0.25) is 5.91 Å². The number of para-hydroxylation sites is 2. The summed E-state index contributed by atoms with van der Waals surface area (Å²) in [6.07, 6.45) is 1.52. The van der Waals surface area contributed by atoms with Gasteiger partial charge < -0.3 is 15.1 Å². The minimum atomic E-state index is -0.497. The van der Waals surface area contributed by atoms with Crippen molar-refractivity contribution in [3.05, 3.63) is 58.5 Å². The topological polar surface area (TPSA) is 97.4 Å². The molecule has 0 aliphatic heterocycles. The lowest BCUT2D eigenvalue weighted by Crippen LogP contribution is -2.29. The Bertz CT molecular complexity index is 595. The molecule has 1 aromatic carbocycles. The average Bonchev–Trinajstić information content (AvgIpc) is 2.96. The molecular weight excluding hydrogens is 262 g/mol. The number of amides is 1. The van der Waals surface area contributed by atoms with Gasteiger partial charge in [0.15, 0.2) is 0 Å². The van der Waals surface area contributed by atoms with Gasteiger partial charge in [-0.1, -0.05) is 12.1 Å². The molecule has 2 N–H and O–H groups in total. The summed E-state index contributed by atoms with van der Waals surface area (Å²) < 4.78 is 5.07. The first-order chi connectivity index (χ1) is 9.66. The molecule has 20 heavy (non-hydrogen) atoms. The number of hydrogen-bond acceptors (Lipinski definition) is 5. The average molecular weight is 275 g/mol. The highest BCUT2D eigenvalue weighted by Gasteiger charge is 2.12. The van der Waals surface area contributed by atoms with Crippen LogP contribution in [0.25, 0.3) is 0 Å². The molecule has 2 aromatic rings. The number of carbonyl (C=O) groups is 1. The van der Waals surface area contributed by atoms with Gasteiger partial charge in [0.1, 0.15) is 11.4 Å². The van der Waals surface area contributed by atoms with E-state index in [0.717, 1.165) is 0 Å². The molecule has 7 nitrogen and oxygen atoms in total. The second-order valence-electron chi connectivity index (χ2n) is 3.98. The molecule has 1 amide bonds. The van der Waals surface area contributed by atoms with Crippen molar-refractivity contribution in [2.24, 2.45) is 0 Å². The fraction of sp³-hybridized carbons (Fsp3) is 0.154. The highest BCUT2D eigenvalue weighted by Crippen LogP contribution is 2.22. The molecule has 0 radical (unpaired) electrons. The molecule has 104 valence electrons. The van der Waals surface area contributed by atoms with Gasteiger partial charge in [0, 0.05) is 6.07 Å². The molecule has 0 saturated carbocycles. The molecule has 0 unspecified atom stereocenters. The van der Waals surface area contributed by atoms with Gasteiger partial charge in [-0.05, 0) is 18.2 Å². The number of rotatable bonds is 6. The van der Waals surface area contributed by atoms with E-state index in [2.05, 4.69) is 10.6 Å². The van der Waals surface area contributed by atoms with E-state index in [4.69, 9.17) is 4.42 Å². The SMILES string of the molecule is O=C(CNc1ccccc1[N+](=O)[O-])NCc1ccco1. The molecule has 1 aromatic heterocycles. The lowest BCUT2D eigenvalue weighted by molar-refractivity contribution is -0.383. The third-order valence-corrected chi connectivity index (χ3v) is 2.58. The van der Waals surface area contributed by atoms with Gasteiger partial charge in [-0.15, -0.1) is 0 Å². The minimum Gasteiger partial charge on any atom is -0.467 e. The van der Waals surface area contributed by atoms with E-state index in [1.54, 1.807) is 30.3 Å². The van der Waals surface area contributed by atoms with Crippen LogP contribution in [0.2, 0.25) is 0 Å².